The second-order valence-corrected chi connectivity index (χ2v) is 11.1. The first kappa shape index (κ1) is 34.6. The Hall–Kier alpha value is -2.60. The third kappa shape index (κ3) is 10.0. The normalized spacial score (nSPS) is 19.2. The summed E-state index contributed by atoms with van der Waals surface area (Å²) in [5.41, 5.74) is 3.84. The lowest BCUT2D eigenvalue weighted by Gasteiger charge is -2.47. The molecular weight excluding hydrogens is 572 g/mol. The van der Waals surface area contributed by atoms with Crippen LogP contribution in [-0.2, 0) is 20.3 Å². The molecule has 1 saturated heterocycles. The van der Waals surface area contributed by atoms with Crippen molar-refractivity contribution in [3.63, 3.8) is 0 Å². The maximum absolute atomic E-state index is 13.7. The number of benzene rings is 1. The monoisotopic (exact) mass is 613 g/mol. The average Bonchev–Trinajstić information content (AvgIpc) is 3.30. The summed E-state index contributed by atoms with van der Waals surface area (Å²) >= 11 is 0. The standard InChI is InChI=1S/C26H37N5O2.2HO3P/c1-5-11-30-17-19(25(32)31(26(33)27-6-2)13-8-12-29(3)4)14-21-20-9-7-10-22-24(20)18(16-28-22)15-23(21)30;2*1-4(2)3/h5,7,9-10,16,19,21,23,28H,1,6,8,11-15,17H2,2-4H3,(H,27,33);2*(H-,1,2,3)/p+2/t19-,21-,23-;;/m1../s1. The van der Waals surface area contributed by atoms with Gasteiger partial charge in [-0.3, -0.25) is 14.6 Å². The van der Waals surface area contributed by atoms with Gasteiger partial charge in [0.1, 0.15) is 0 Å². The molecule has 41 heavy (non-hydrogen) atoms. The molecule has 3 amide bonds. The highest BCUT2D eigenvalue weighted by Crippen LogP contribution is 2.45. The van der Waals surface area contributed by atoms with E-state index in [4.69, 9.17) is 28.7 Å². The molecular formula is C26H41N5O8P2+2. The first-order valence-corrected chi connectivity index (χ1v) is 15.6. The van der Waals surface area contributed by atoms with E-state index in [0.29, 0.717) is 25.7 Å². The highest BCUT2D eigenvalue weighted by Gasteiger charge is 2.43. The minimum Gasteiger partial charge on any atom is -0.361 e. The zero-order valence-corrected chi connectivity index (χ0v) is 25.4. The number of aromatic amines is 1. The number of imide groups is 1. The van der Waals surface area contributed by atoms with Gasteiger partial charge in [-0.1, -0.05) is 18.2 Å². The summed E-state index contributed by atoms with van der Waals surface area (Å²) in [5, 5.41) is 4.16. The Balaban J connectivity index is 0.000000653. The fourth-order valence-corrected chi connectivity index (χ4v) is 5.68. The number of urea groups is 1. The molecule has 15 heteroatoms. The van der Waals surface area contributed by atoms with Crippen LogP contribution in [0.15, 0.2) is 37.1 Å². The van der Waals surface area contributed by atoms with E-state index in [1.165, 1.54) is 21.4 Å². The smallest absolute Gasteiger partial charge is 0.361 e. The van der Waals surface area contributed by atoms with E-state index in [2.05, 4.69) is 51.1 Å². The molecule has 0 radical (unpaired) electrons. The number of carbonyl (C=O) groups excluding carboxylic acids is 2. The van der Waals surface area contributed by atoms with Crippen LogP contribution in [0.4, 0.5) is 4.79 Å². The van der Waals surface area contributed by atoms with E-state index >= 15 is 0 Å². The van der Waals surface area contributed by atoms with Gasteiger partial charge in [-0.25, -0.2) is 4.79 Å². The highest BCUT2D eigenvalue weighted by molar-refractivity contribution is 7.31. The van der Waals surface area contributed by atoms with Crippen molar-refractivity contribution in [3.05, 3.63) is 48.2 Å². The van der Waals surface area contributed by atoms with Crippen molar-refractivity contribution in [2.24, 2.45) is 5.92 Å². The van der Waals surface area contributed by atoms with Crippen molar-refractivity contribution in [1.29, 1.82) is 0 Å². The molecule has 3 atom stereocenters. The zero-order valence-electron chi connectivity index (χ0n) is 23.6. The molecule has 0 spiro atoms. The molecule has 0 bridgehead atoms. The Bertz CT molecular complexity index is 1200. The van der Waals surface area contributed by atoms with Gasteiger partial charge in [0.05, 0.1) is 5.92 Å². The molecule has 6 N–H and O–H groups in total. The van der Waals surface area contributed by atoms with Crippen molar-refractivity contribution in [3.8, 4) is 0 Å². The molecule has 4 rings (SSSR count). The Kier molecular flexibility index (Phi) is 14.1. The summed E-state index contributed by atoms with van der Waals surface area (Å²) in [6.07, 6.45) is 6.56. The molecule has 226 valence electrons. The lowest BCUT2D eigenvalue weighted by Crippen LogP contribution is -2.55. The van der Waals surface area contributed by atoms with Crippen molar-refractivity contribution in [2.75, 3.05) is 46.8 Å². The molecule has 13 nitrogen and oxygen atoms in total. The Morgan fingerprint density at radius 1 is 1.17 bits per heavy atom. The fourth-order valence-electron chi connectivity index (χ4n) is 5.68. The number of likely N-dealkylation sites (tertiary alicyclic amines) is 1. The van der Waals surface area contributed by atoms with Crippen molar-refractivity contribution in [1.82, 2.24) is 25.0 Å². The Labute approximate surface area is 241 Å². The lowest BCUT2D eigenvalue weighted by atomic mass is 9.72. The number of hydrogen-bond donors (Lipinski definition) is 6. The van der Waals surface area contributed by atoms with E-state index in [1.54, 1.807) is 0 Å². The van der Waals surface area contributed by atoms with Gasteiger partial charge in [0.15, 0.2) is 0 Å². The first-order valence-electron chi connectivity index (χ1n) is 13.3. The minimum absolute atomic E-state index is 0.0562. The first-order chi connectivity index (χ1) is 19.4. The number of rotatable bonds is 8. The summed E-state index contributed by atoms with van der Waals surface area (Å²) in [5.74, 6) is -0.0133. The molecule has 1 fully saturated rings. The van der Waals surface area contributed by atoms with Gasteiger partial charge in [0, 0.05) is 64.4 Å². The van der Waals surface area contributed by atoms with Gasteiger partial charge in [-0.2, -0.15) is 0 Å². The van der Waals surface area contributed by atoms with E-state index in [-0.39, 0.29) is 23.8 Å². The van der Waals surface area contributed by atoms with Crippen LogP contribution in [0.2, 0.25) is 0 Å². The summed E-state index contributed by atoms with van der Waals surface area (Å²) in [4.78, 5) is 64.4. The summed E-state index contributed by atoms with van der Waals surface area (Å²) in [7, 11) is -1.73. The number of amides is 3. The molecule has 1 aliphatic heterocycles. The van der Waals surface area contributed by atoms with Gasteiger partial charge in [-0.05, 0) is 64.0 Å². The summed E-state index contributed by atoms with van der Waals surface area (Å²) in [6, 6.07) is 6.50. The molecule has 1 aliphatic carbocycles. The number of carbonyl (C=O) groups is 2. The second-order valence-electron chi connectivity index (χ2n) is 10.1. The number of fused-ring (bicyclic) bond motifs is 2. The number of hydrogen-bond acceptors (Lipinski definition) is 6. The maximum atomic E-state index is 13.7. The average molecular weight is 614 g/mol. The van der Waals surface area contributed by atoms with Crippen molar-refractivity contribution >= 4 is 39.4 Å². The number of piperidine rings is 1. The summed E-state index contributed by atoms with van der Waals surface area (Å²) < 4.78 is 17.4. The van der Waals surface area contributed by atoms with E-state index < -0.39 is 16.5 Å². The maximum Gasteiger partial charge on any atom is 0.692 e. The van der Waals surface area contributed by atoms with Crippen LogP contribution >= 0.6 is 16.5 Å². The quantitative estimate of drug-likeness (QED) is 0.191. The third-order valence-electron chi connectivity index (χ3n) is 7.11. The van der Waals surface area contributed by atoms with Crippen LogP contribution in [0.25, 0.3) is 10.9 Å². The van der Waals surface area contributed by atoms with E-state index in [1.807, 2.05) is 27.1 Å². The molecule has 2 heterocycles. The van der Waals surface area contributed by atoms with Gasteiger partial charge in [0.25, 0.3) is 0 Å². The van der Waals surface area contributed by atoms with Crippen LogP contribution < -0.4 is 5.32 Å². The van der Waals surface area contributed by atoms with Gasteiger partial charge < -0.3 is 15.2 Å². The highest BCUT2D eigenvalue weighted by atomic mass is 31.1. The zero-order chi connectivity index (χ0) is 30.7. The lowest BCUT2D eigenvalue weighted by molar-refractivity contribution is -0.135. The minimum atomic E-state index is -2.87. The van der Waals surface area contributed by atoms with Crippen LogP contribution in [0, 0.1) is 5.92 Å². The number of H-pyrrole nitrogens is 1. The van der Waals surface area contributed by atoms with Crippen LogP contribution in [0.1, 0.15) is 36.8 Å². The van der Waals surface area contributed by atoms with Crippen LogP contribution in [0.5, 0.6) is 0 Å². The van der Waals surface area contributed by atoms with Crippen molar-refractivity contribution in [2.45, 2.75) is 38.1 Å². The van der Waals surface area contributed by atoms with Gasteiger partial charge >= 0.3 is 22.5 Å². The Morgan fingerprint density at radius 2 is 1.83 bits per heavy atom. The molecule has 2 aromatic rings. The molecule has 1 aromatic carbocycles. The topological polar surface area (TPSA) is 187 Å². The summed E-state index contributed by atoms with van der Waals surface area (Å²) in [6.45, 7) is 9.02. The Morgan fingerprint density at radius 3 is 2.41 bits per heavy atom. The number of nitrogens with zero attached hydrogens (tertiary/aromatic N) is 3. The van der Waals surface area contributed by atoms with E-state index in [0.717, 1.165) is 37.9 Å². The second kappa shape index (κ2) is 16.7. The third-order valence-corrected chi connectivity index (χ3v) is 7.11. The molecule has 0 unspecified atom stereocenters. The van der Waals surface area contributed by atoms with Crippen LogP contribution in [0.3, 0.4) is 0 Å². The predicted octanol–water partition coefficient (Wildman–Crippen LogP) is 2.45. The van der Waals surface area contributed by atoms with Gasteiger partial charge in [0.2, 0.25) is 5.91 Å². The molecule has 1 aromatic heterocycles. The van der Waals surface area contributed by atoms with Gasteiger partial charge in [-0.15, -0.1) is 26.2 Å². The number of nitrogens with one attached hydrogen (secondary N) is 2. The largest absolute Gasteiger partial charge is 0.692 e. The number of aromatic nitrogens is 1. The molecule has 0 saturated carbocycles. The SMILES string of the molecule is C=CCN1C[C@H](C(=O)N(CCCN(C)C)C(=O)NCC)C[C@@H]2c3cccc4[nH]cc(c34)C[C@H]21.O=[P+](O)O.O=[P+](O)O. The van der Waals surface area contributed by atoms with E-state index in [9.17, 15) is 9.59 Å². The van der Waals surface area contributed by atoms with Crippen molar-refractivity contribution < 1.29 is 38.3 Å². The molecule has 2 aliphatic rings. The van der Waals surface area contributed by atoms with Crippen LogP contribution in [-0.4, -0.2) is 104 Å². The predicted molar refractivity (Wildman–Crippen MR) is 156 cm³/mol. The fraction of sp³-hybridized carbons (Fsp3) is 0.538.